The van der Waals surface area contributed by atoms with E-state index in [0.29, 0.717) is 31.4 Å². The second kappa shape index (κ2) is 9.24. The van der Waals surface area contributed by atoms with Crippen LogP contribution < -0.4 is 10.6 Å². The van der Waals surface area contributed by atoms with Gasteiger partial charge in [0.2, 0.25) is 5.95 Å². The summed E-state index contributed by atoms with van der Waals surface area (Å²) in [7, 11) is 0. The molecule has 0 amide bonds. The van der Waals surface area contributed by atoms with Crippen molar-refractivity contribution in [2.75, 3.05) is 30.5 Å². The van der Waals surface area contributed by atoms with Crippen LogP contribution in [-0.2, 0) is 4.74 Å². The van der Waals surface area contributed by atoms with Crippen LogP contribution in [0, 0.1) is 5.92 Å². The third-order valence-corrected chi connectivity index (χ3v) is 7.30. The van der Waals surface area contributed by atoms with E-state index in [-0.39, 0.29) is 18.6 Å². The number of nitrogens with one attached hydrogen (secondary N) is 2. The quantitative estimate of drug-likeness (QED) is 0.376. The molecule has 10 heteroatoms. The lowest BCUT2D eigenvalue weighted by Gasteiger charge is -2.24. The standard InChI is InChI=1S/C22H27N5O4S/c28-11-12-9-16(19(30)18(12)29)25-20-14(21-26-15-3-1-2-4-17(15)32-21)10-23-22(27-20)24-13-5-7-31-8-6-13/h1-4,10,12-13,16,18-19,28-30H,5-9,11H2,(H2,23,24,25,27). The summed E-state index contributed by atoms with van der Waals surface area (Å²) in [6, 6.07) is 7.71. The Kier molecular flexibility index (Phi) is 6.20. The van der Waals surface area contributed by atoms with Gasteiger partial charge in [-0.15, -0.1) is 11.3 Å². The van der Waals surface area contributed by atoms with Crippen LogP contribution in [0.1, 0.15) is 19.3 Å². The second-order valence-corrected chi connectivity index (χ2v) is 9.41. The van der Waals surface area contributed by atoms with Crippen molar-refractivity contribution in [3.8, 4) is 10.6 Å². The molecule has 2 aromatic heterocycles. The van der Waals surface area contributed by atoms with Gasteiger partial charge in [-0.05, 0) is 31.4 Å². The lowest BCUT2D eigenvalue weighted by atomic mass is 10.1. The third-order valence-electron chi connectivity index (χ3n) is 6.23. The third kappa shape index (κ3) is 4.28. The average Bonchev–Trinajstić information content (AvgIpc) is 3.36. The highest BCUT2D eigenvalue weighted by Gasteiger charge is 2.41. The number of benzene rings is 1. The number of aliphatic hydroxyl groups excluding tert-OH is 3. The summed E-state index contributed by atoms with van der Waals surface area (Å²) in [6.45, 7) is 1.24. The minimum Gasteiger partial charge on any atom is -0.396 e. The molecular formula is C22H27N5O4S. The molecule has 0 bridgehead atoms. The van der Waals surface area contributed by atoms with Crippen LogP contribution in [0.5, 0.6) is 0 Å². The largest absolute Gasteiger partial charge is 0.396 e. The molecule has 4 unspecified atom stereocenters. The van der Waals surface area contributed by atoms with Crippen LogP contribution in [0.3, 0.4) is 0 Å². The Morgan fingerprint density at radius 1 is 1.06 bits per heavy atom. The molecule has 1 aliphatic heterocycles. The van der Waals surface area contributed by atoms with Crippen LogP contribution in [0.2, 0.25) is 0 Å². The van der Waals surface area contributed by atoms with E-state index >= 15 is 0 Å². The molecule has 9 nitrogen and oxygen atoms in total. The lowest BCUT2D eigenvalue weighted by Crippen LogP contribution is -2.36. The van der Waals surface area contributed by atoms with Crippen molar-refractivity contribution in [2.24, 2.45) is 5.92 Å². The van der Waals surface area contributed by atoms with Crippen molar-refractivity contribution >= 4 is 33.3 Å². The number of hydrogen-bond donors (Lipinski definition) is 5. The number of fused-ring (bicyclic) bond motifs is 1. The molecule has 2 aliphatic rings. The van der Waals surface area contributed by atoms with Gasteiger partial charge in [0, 0.05) is 38.0 Å². The number of aromatic nitrogens is 3. The first kappa shape index (κ1) is 21.5. The number of hydrogen-bond acceptors (Lipinski definition) is 10. The van der Waals surface area contributed by atoms with Crippen molar-refractivity contribution in [1.82, 2.24) is 15.0 Å². The van der Waals surface area contributed by atoms with Crippen molar-refractivity contribution in [3.63, 3.8) is 0 Å². The summed E-state index contributed by atoms with van der Waals surface area (Å²) in [5, 5.41) is 37.7. The average molecular weight is 458 g/mol. The van der Waals surface area contributed by atoms with Gasteiger partial charge in [0.25, 0.3) is 0 Å². The Bertz CT molecular complexity index is 1040. The zero-order valence-electron chi connectivity index (χ0n) is 17.5. The first-order valence-corrected chi connectivity index (χ1v) is 11.7. The first-order chi connectivity index (χ1) is 15.6. The van der Waals surface area contributed by atoms with Crippen LogP contribution in [-0.4, -0.2) is 74.4 Å². The molecule has 3 aromatic rings. The molecule has 32 heavy (non-hydrogen) atoms. The molecule has 5 rings (SSSR count). The van der Waals surface area contributed by atoms with E-state index in [1.807, 2.05) is 24.3 Å². The van der Waals surface area contributed by atoms with E-state index in [9.17, 15) is 15.3 Å². The van der Waals surface area contributed by atoms with E-state index in [1.165, 1.54) is 0 Å². The van der Waals surface area contributed by atoms with E-state index in [0.717, 1.165) is 33.6 Å². The molecule has 2 fully saturated rings. The van der Waals surface area contributed by atoms with E-state index in [1.54, 1.807) is 17.5 Å². The molecule has 1 aromatic carbocycles. The first-order valence-electron chi connectivity index (χ1n) is 10.9. The highest BCUT2D eigenvalue weighted by molar-refractivity contribution is 7.21. The molecule has 3 heterocycles. The fourth-order valence-corrected chi connectivity index (χ4v) is 5.33. The minimum absolute atomic E-state index is 0.179. The zero-order chi connectivity index (χ0) is 22.1. The Morgan fingerprint density at radius 2 is 1.88 bits per heavy atom. The topological polar surface area (TPSA) is 133 Å². The zero-order valence-corrected chi connectivity index (χ0v) is 18.3. The predicted octanol–water partition coefficient (Wildman–Crippen LogP) is 1.86. The van der Waals surface area contributed by atoms with Crippen LogP contribution in [0.25, 0.3) is 20.8 Å². The summed E-state index contributed by atoms with van der Waals surface area (Å²) < 4.78 is 6.49. The lowest BCUT2D eigenvalue weighted by molar-refractivity contribution is 0.00446. The van der Waals surface area contributed by atoms with Gasteiger partial charge in [-0.25, -0.2) is 9.97 Å². The molecule has 5 N–H and O–H groups in total. The van der Waals surface area contributed by atoms with Gasteiger partial charge in [0.1, 0.15) is 16.9 Å². The Morgan fingerprint density at radius 3 is 2.62 bits per heavy atom. The fourth-order valence-electron chi connectivity index (χ4n) is 4.35. The van der Waals surface area contributed by atoms with Gasteiger partial charge in [0.05, 0.1) is 27.9 Å². The van der Waals surface area contributed by atoms with Crippen molar-refractivity contribution in [3.05, 3.63) is 30.5 Å². The van der Waals surface area contributed by atoms with Crippen LogP contribution in [0.4, 0.5) is 11.8 Å². The maximum atomic E-state index is 10.5. The van der Waals surface area contributed by atoms with E-state index in [4.69, 9.17) is 14.7 Å². The van der Waals surface area contributed by atoms with Crippen molar-refractivity contribution in [1.29, 1.82) is 0 Å². The molecule has 4 atom stereocenters. The van der Waals surface area contributed by atoms with Crippen molar-refractivity contribution in [2.45, 2.75) is 43.6 Å². The second-order valence-electron chi connectivity index (χ2n) is 8.38. The van der Waals surface area contributed by atoms with Gasteiger partial charge in [-0.2, -0.15) is 4.98 Å². The Balaban J connectivity index is 1.47. The molecule has 1 aliphatic carbocycles. The maximum Gasteiger partial charge on any atom is 0.224 e. The van der Waals surface area contributed by atoms with E-state index in [2.05, 4.69) is 15.6 Å². The Hall–Kier alpha value is -2.37. The van der Waals surface area contributed by atoms with Gasteiger partial charge in [-0.1, -0.05) is 12.1 Å². The van der Waals surface area contributed by atoms with Crippen LogP contribution >= 0.6 is 11.3 Å². The summed E-state index contributed by atoms with van der Waals surface area (Å²) in [6.07, 6.45) is 1.97. The highest BCUT2D eigenvalue weighted by atomic mass is 32.1. The van der Waals surface area contributed by atoms with Crippen LogP contribution in [0.15, 0.2) is 30.5 Å². The summed E-state index contributed by atoms with van der Waals surface area (Å²) in [5.41, 5.74) is 1.64. The Labute approximate surface area is 189 Å². The summed E-state index contributed by atoms with van der Waals surface area (Å²) >= 11 is 1.55. The summed E-state index contributed by atoms with van der Waals surface area (Å²) in [5.74, 6) is 0.662. The summed E-state index contributed by atoms with van der Waals surface area (Å²) in [4.78, 5) is 14.0. The molecule has 1 saturated carbocycles. The van der Waals surface area contributed by atoms with Crippen molar-refractivity contribution < 1.29 is 20.1 Å². The monoisotopic (exact) mass is 457 g/mol. The molecule has 170 valence electrons. The number of thiazole rings is 1. The fraction of sp³-hybridized carbons (Fsp3) is 0.500. The van der Waals surface area contributed by atoms with Gasteiger partial charge < -0.3 is 30.7 Å². The normalized spacial score (nSPS) is 26.5. The van der Waals surface area contributed by atoms with Gasteiger partial charge in [-0.3, -0.25) is 0 Å². The minimum atomic E-state index is -1.00. The molecule has 0 spiro atoms. The number of aliphatic hydroxyl groups is 3. The predicted molar refractivity (Wildman–Crippen MR) is 123 cm³/mol. The molecule has 0 radical (unpaired) electrons. The van der Waals surface area contributed by atoms with E-state index < -0.39 is 18.2 Å². The smallest absolute Gasteiger partial charge is 0.224 e. The highest BCUT2D eigenvalue weighted by Crippen LogP contribution is 2.36. The number of para-hydroxylation sites is 1. The molecule has 1 saturated heterocycles. The van der Waals surface area contributed by atoms with Gasteiger partial charge >= 0.3 is 0 Å². The SMILES string of the molecule is OCC1CC(Nc2nc(NC3CCOCC3)ncc2-c2nc3ccccc3s2)C(O)C1O. The van der Waals surface area contributed by atoms with Gasteiger partial charge in [0.15, 0.2) is 0 Å². The number of nitrogens with zero attached hydrogens (tertiary/aromatic N) is 3. The number of ether oxygens (including phenoxy) is 1. The maximum absolute atomic E-state index is 10.5. The number of anilines is 2. The number of rotatable bonds is 6. The molecular weight excluding hydrogens is 430 g/mol.